The van der Waals surface area contributed by atoms with Crippen LogP contribution in [0.1, 0.15) is 51.0 Å². The number of benzene rings is 3. The summed E-state index contributed by atoms with van der Waals surface area (Å²) >= 11 is 6.21. The minimum Gasteiger partial charge on any atom is -0.478 e. The first-order valence-corrected chi connectivity index (χ1v) is 11.8. The van der Waals surface area contributed by atoms with Gasteiger partial charge in [0.05, 0.1) is 5.56 Å². The van der Waals surface area contributed by atoms with Gasteiger partial charge in [0.25, 0.3) is 0 Å². The van der Waals surface area contributed by atoms with E-state index in [9.17, 15) is 14.5 Å². The minimum absolute atomic E-state index is 0.148. The van der Waals surface area contributed by atoms with Crippen molar-refractivity contribution >= 4 is 17.6 Å². The smallest absolute Gasteiger partial charge is 0.335 e. The summed E-state index contributed by atoms with van der Waals surface area (Å²) in [6.45, 7) is 1.99. The van der Waals surface area contributed by atoms with Crippen LogP contribution in [-0.2, 0) is 7.05 Å². The zero-order valence-corrected chi connectivity index (χ0v) is 20.6. The van der Waals surface area contributed by atoms with Crippen LogP contribution in [0.2, 0.25) is 5.02 Å². The maximum Gasteiger partial charge on any atom is 0.335 e. The van der Waals surface area contributed by atoms with E-state index in [1.54, 1.807) is 43.6 Å². The Kier molecular flexibility index (Phi) is 7.46. The molecule has 2 atom stereocenters. The number of pyridine rings is 1. The molecule has 0 spiro atoms. The van der Waals surface area contributed by atoms with Crippen LogP contribution in [0, 0.1) is 11.8 Å². The second kappa shape index (κ2) is 10.7. The van der Waals surface area contributed by atoms with E-state index in [0.29, 0.717) is 17.0 Å². The maximum atomic E-state index is 12.0. The minimum atomic E-state index is -0.963. The summed E-state index contributed by atoms with van der Waals surface area (Å²) in [6.07, 6.45) is 2.07. The fourth-order valence-electron chi connectivity index (χ4n) is 4.46. The molecule has 182 valence electrons. The number of carboxylic acids is 1. The van der Waals surface area contributed by atoms with Crippen molar-refractivity contribution in [2.24, 2.45) is 12.2 Å². The number of nitroso groups, excluding NO2 is 1. The molecule has 0 aliphatic rings. The second-order valence-electron chi connectivity index (χ2n) is 8.83. The van der Waals surface area contributed by atoms with Crippen LogP contribution in [0.4, 0.5) is 0 Å². The third kappa shape index (κ3) is 5.44. The van der Waals surface area contributed by atoms with Gasteiger partial charge in [0.2, 0.25) is 5.56 Å². The highest BCUT2D eigenvalue weighted by molar-refractivity contribution is 6.30. The van der Waals surface area contributed by atoms with Crippen LogP contribution in [0.3, 0.4) is 0 Å². The number of hydrogen-bond acceptors (Lipinski definition) is 4. The second-order valence-corrected chi connectivity index (χ2v) is 9.26. The van der Waals surface area contributed by atoms with E-state index in [-0.39, 0.29) is 17.0 Å². The summed E-state index contributed by atoms with van der Waals surface area (Å²) in [5, 5.41) is 13.2. The van der Waals surface area contributed by atoms with Gasteiger partial charge in [0.1, 0.15) is 6.04 Å². The van der Waals surface area contributed by atoms with E-state index < -0.39 is 12.0 Å². The van der Waals surface area contributed by atoms with Crippen molar-refractivity contribution in [2.45, 2.75) is 25.3 Å². The zero-order valence-electron chi connectivity index (χ0n) is 19.9. The van der Waals surface area contributed by atoms with Gasteiger partial charge in [-0.15, -0.1) is 0 Å². The summed E-state index contributed by atoms with van der Waals surface area (Å²) in [7, 11) is 1.65. The molecule has 36 heavy (non-hydrogen) atoms. The molecular formula is C29H25ClN2O4. The number of aryl methyl sites for hydroxylation is 2. The number of nitrogens with zero attached hydrogens (tertiary/aromatic N) is 2. The van der Waals surface area contributed by atoms with Gasteiger partial charge in [-0.3, -0.25) is 4.79 Å². The summed E-state index contributed by atoms with van der Waals surface area (Å²) in [5.74, 6) is -1.11. The summed E-state index contributed by atoms with van der Waals surface area (Å²) < 4.78 is 1.44. The average Bonchev–Trinajstić information content (AvgIpc) is 2.87. The quantitative estimate of drug-likeness (QED) is 0.271. The SMILES string of the molecule is Cc1cc(Cl)ccc1C(CC(N=O)c1ccc(=O)n(C)c1)c1ccc(-c2ccc(C(=O)O)cc2)cc1. The molecule has 0 saturated carbocycles. The molecule has 0 aliphatic carbocycles. The van der Waals surface area contributed by atoms with Gasteiger partial charge < -0.3 is 9.67 Å². The van der Waals surface area contributed by atoms with Crippen molar-refractivity contribution in [3.05, 3.63) is 133 Å². The molecule has 6 nitrogen and oxygen atoms in total. The van der Waals surface area contributed by atoms with Gasteiger partial charge in [0.15, 0.2) is 0 Å². The zero-order chi connectivity index (χ0) is 25.8. The first-order chi connectivity index (χ1) is 17.3. The molecule has 0 bridgehead atoms. The summed E-state index contributed by atoms with van der Waals surface area (Å²) in [4.78, 5) is 34.9. The number of carboxylic acid groups (broad SMARTS) is 1. The van der Waals surface area contributed by atoms with Gasteiger partial charge >= 0.3 is 5.97 Å². The van der Waals surface area contributed by atoms with Crippen LogP contribution < -0.4 is 5.56 Å². The number of carbonyl (C=O) groups is 1. The van der Waals surface area contributed by atoms with Crippen LogP contribution in [0.15, 0.2) is 95.0 Å². The van der Waals surface area contributed by atoms with Gasteiger partial charge in [-0.05, 0) is 77.1 Å². The normalized spacial score (nSPS) is 12.6. The van der Waals surface area contributed by atoms with Crippen LogP contribution in [0.25, 0.3) is 11.1 Å². The predicted molar refractivity (Wildman–Crippen MR) is 142 cm³/mol. The molecule has 1 aromatic heterocycles. The van der Waals surface area contributed by atoms with Gasteiger partial charge in [0, 0.05) is 30.3 Å². The Bertz CT molecular complexity index is 1460. The lowest BCUT2D eigenvalue weighted by molar-refractivity contribution is 0.0697. The molecule has 1 heterocycles. The highest BCUT2D eigenvalue weighted by Crippen LogP contribution is 2.38. The molecular weight excluding hydrogens is 476 g/mol. The maximum absolute atomic E-state index is 12.0. The molecule has 4 rings (SSSR count). The highest BCUT2D eigenvalue weighted by atomic mass is 35.5. The number of aromatic carboxylic acids is 1. The third-order valence-electron chi connectivity index (χ3n) is 6.47. The van der Waals surface area contributed by atoms with Gasteiger partial charge in [-0.2, -0.15) is 4.91 Å². The highest BCUT2D eigenvalue weighted by Gasteiger charge is 2.24. The van der Waals surface area contributed by atoms with Gasteiger partial charge in [-0.1, -0.05) is 59.2 Å². The Balaban J connectivity index is 1.71. The Hall–Kier alpha value is -4.03. The molecule has 3 aromatic carbocycles. The molecule has 0 saturated heterocycles. The number of halogens is 1. The lowest BCUT2D eigenvalue weighted by Gasteiger charge is -2.23. The van der Waals surface area contributed by atoms with Crippen molar-refractivity contribution in [3.8, 4) is 11.1 Å². The van der Waals surface area contributed by atoms with Crippen molar-refractivity contribution in [1.82, 2.24) is 4.57 Å². The first kappa shape index (κ1) is 25.1. The van der Waals surface area contributed by atoms with Gasteiger partial charge in [-0.25, -0.2) is 4.79 Å². The van der Waals surface area contributed by atoms with E-state index in [1.165, 1.54) is 10.6 Å². The van der Waals surface area contributed by atoms with E-state index >= 15 is 0 Å². The third-order valence-corrected chi connectivity index (χ3v) is 6.70. The fourth-order valence-corrected chi connectivity index (χ4v) is 4.69. The average molecular weight is 501 g/mol. The molecule has 2 unspecified atom stereocenters. The molecule has 7 heteroatoms. The Morgan fingerprint density at radius 1 is 0.944 bits per heavy atom. The topological polar surface area (TPSA) is 88.7 Å². The van der Waals surface area contributed by atoms with E-state index in [2.05, 4.69) is 5.18 Å². The molecule has 0 amide bonds. The number of hydrogen-bond donors (Lipinski definition) is 1. The monoisotopic (exact) mass is 500 g/mol. The Labute approximate surface area is 213 Å². The van der Waals surface area contributed by atoms with Crippen LogP contribution >= 0.6 is 11.6 Å². The first-order valence-electron chi connectivity index (χ1n) is 11.5. The lowest BCUT2D eigenvalue weighted by atomic mass is 9.82. The van der Waals surface area contributed by atoms with Crippen molar-refractivity contribution in [3.63, 3.8) is 0 Å². The Morgan fingerprint density at radius 2 is 1.56 bits per heavy atom. The van der Waals surface area contributed by atoms with E-state index in [1.807, 2.05) is 49.4 Å². The van der Waals surface area contributed by atoms with E-state index in [4.69, 9.17) is 16.7 Å². The molecule has 0 fully saturated rings. The molecule has 1 N–H and O–H groups in total. The van der Waals surface area contributed by atoms with Crippen LogP contribution in [0.5, 0.6) is 0 Å². The molecule has 4 aromatic rings. The molecule has 0 radical (unpaired) electrons. The van der Waals surface area contributed by atoms with E-state index in [0.717, 1.165) is 27.8 Å². The summed E-state index contributed by atoms with van der Waals surface area (Å²) in [6, 6.07) is 22.9. The largest absolute Gasteiger partial charge is 0.478 e. The van der Waals surface area contributed by atoms with Crippen molar-refractivity contribution < 1.29 is 9.90 Å². The van der Waals surface area contributed by atoms with Crippen molar-refractivity contribution in [1.29, 1.82) is 0 Å². The standard InChI is InChI=1S/C29H25ClN2O4/c1-18-15-24(30)12-13-25(18)26(16-27(31-36)23-11-14-28(33)32(2)17-23)21-7-3-19(4-8-21)20-5-9-22(10-6-20)29(34)35/h3-15,17,26-27H,16H2,1-2H3,(H,34,35). The Morgan fingerprint density at radius 3 is 2.11 bits per heavy atom. The predicted octanol–water partition coefficient (Wildman–Crippen LogP) is 6.74. The number of rotatable bonds is 8. The molecule has 0 aliphatic heterocycles. The lowest BCUT2D eigenvalue weighted by Crippen LogP contribution is -2.16. The van der Waals surface area contributed by atoms with Crippen LogP contribution in [-0.4, -0.2) is 15.6 Å². The van der Waals surface area contributed by atoms with Crippen molar-refractivity contribution in [2.75, 3.05) is 0 Å². The fraction of sp³-hybridized carbons (Fsp3) is 0.172. The summed E-state index contributed by atoms with van der Waals surface area (Å²) in [5.41, 5.74) is 5.67. The number of aromatic nitrogens is 1.